The van der Waals surface area contributed by atoms with Gasteiger partial charge in [0.25, 0.3) is 0 Å². The molecule has 6 rings (SSSR count). The number of carboxylic acid groups (broad SMARTS) is 3. The number of carbonyl (C=O) groups excluding carboxylic acids is 3. The third-order valence-corrected chi connectivity index (χ3v) is 9.04. The Balaban J connectivity index is 0.000000201. The number of hydrogen-bond acceptors (Lipinski definition) is 6. The zero-order chi connectivity index (χ0) is 38.3. The Morgan fingerprint density at radius 3 is 0.660 bits per heavy atom. The van der Waals surface area contributed by atoms with Gasteiger partial charge in [-0.3, -0.25) is 0 Å². The fourth-order valence-electron chi connectivity index (χ4n) is 5.44. The Bertz CT molecular complexity index is 1550. The van der Waals surface area contributed by atoms with Gasteiger partial charge < -0.3 is 29.7 Å². The SMILES string of the molecule is CCC[CH2][Sn+3].O=C([O-])C(c1ccccc1)c1ccccc1.O=C([O-])C(c1ccccc1)c1ccccc1.O=C([O-])C(c1ccccc1)c1ccccc1. The molecular formula is C46H42O6Sn. The molecule has 7 heteroatoms. The van der Waals surface area contributed by atoms with Gasteiger partial charge in [0.05, 0.1) is 17.9 Å². The van der Waals surface area contributed by atoms with Gasteiger partial charge in [0.1, 0.15) is 0 Å². The summed E-state index contributed by atoms with van der Waals surface area (Å²) in [4.78, 5) is 33.6. The van der Waals surface area contributed by atoms with Gasteiger partial charge in [-0.1, -0.05) is 182 Å². The van der Waals surface area contributed by atoms with Crippen LogP contribution < -0.4 is 15.3 Å². The second-order valence-electron chi connectivity index (χ2n) is 11.8. The molecule has 6 aromatic rings. The molecule has 0 saturated heterocycles. The second-order valence-corrected chi connectivity index (χ2v) is 13.3. The number of hydrogen-bond donors (Lipinski definition) is 0. The molecule has 0 saturated carbocycles. The van der Waals surface area contributed by atoms with Gasteiger partial charge in [-0.05, 0) is 33.4 Å². The van der Waals surface area contributed by atoms with Gasteiger partial charge in [-0.2, -0.15) is 0 Å². The van der Waals surface area contributed by atoms with Crippen molar-refractivity contribution >= 4 is 40.4 Å². The molecule has 0 aliphatic heterocycles. The zero-order valence-corrected chi connectivity index (χ0v) is 32.5. The molecule has 0 fully saturated rings. The first-order valence-corrected chi connectivity index (χ1v) is 19.4. The van der Waals surface area contributed by atoms with E-state index in [-0.39, 0.29) is 0 Å². The number of carbonyl (C=O) groups is 3. The molecule has 0 amide bonds. The van der Waals surface area contributed by atoms with Crippen molar-refractivity contribution in [3.05, 3.63) is 215 Å². The third kappa shape index (κ3) is 14.2. The first kappa shape index (κ1) is 41.9. The predicted octanol–water partition coefficient (Wildman–Crippen LogP) is 6.08. The average Bonchev–Trinajstić information content (AvgIpc) is 3.18. The maximum atomic E-state index is 11.2. The minimum atomic E-state index is -1.07. The van der Waals surface area contributed by atoms with Gasteiger partial charge in [-0.15, -0.1) is 0 Å². The van der Waals surface area contributed by atoms with Gasteiger partial charge >= 0.3 is 46.7 Å². The quantitative estimate of drug-likeness (QED) is 0.147. The largest absolute Gasteiger partial charge is 0.549 e. The standard InChI is InChI=1S/3C14H12O2.C4H9.Sn/c3*15-14(16)13(11-7-3-1-4-8-11)12-9-5-2-6-10-12;1-3-4-2;/h3*1-10,13H,(H,15,16);1,3-4H2,2H3;/q;;;;+3/p-3. The number of aliphatic carboxylic acids is 3. The molecule has 0 unspecified atom stereocenters. The van der Waals surface area contributed by atoms with Crippen molar-refractivity contribution in [2.45, 2.75) is 42.0 Å². The Labute approximate surface area is 325 Å². The fourth-order valence-corrected chi connectivity index (χ4v) is 6.45. The van der Waals surface area contributed by atoms with Crippen LogP contribution in [0.4, 0.5) is 0 Å². The number of rotatable bonds is 11. The zero-order valence-electron chi connectivity index (χ0n) is 29.6. The normalized spacial score (nSPS) is 10.2. The van der Waals surface area contributed by atoms with Gasteiger partial charge in [-0.25, -0.2) is 0 Å². The number of carboxylic acids is 3. The maximum absolute atomic E-state index is 11.2. The van der Waals surface area contributed by atoms with E-state index in [4.69, 9.17) is 0 Å². The van der Waals surface area contributed by atoms with E-state index >= 15 is 0 Å². The van der Waals surface area contributed by atoms with Crippen molar-refractivity contribution < 1.29 is 29.7 Å². The van der Waals surface area contributed by atoms with Crippen molar-refractivity contribution in [2.75, 3.05) is 0 Å². The van der Waals surface area contributed by atoms with Crippen molar-refractivity contribution in [1.82, 2.24) is 0 Å². The van der Waals surface area contributed by atoms with Crippen LogP contribution in [0.3, 0.4) is 0 Å². The Morgan fingerprint density at radius 1 is 0.396 bits per heavy atom. The minimum Gasteiger partial charge on any atom is -0.549 e. The van der Waals surface area contributed by atoms with Crippen LogP contribution in [-0.2, 0) is 14.4 Å². The molecule has 266 valence electrons. The van der Waals surface area contributed by atoms with E-state index in [0.717, 1.165) is 33.4 Å². The Hall–Kier alpha value is -5.47. The molecular weight excluding hydrogens is 767 g/mol. The van der Waals surface area contributed by atoms with E-state index in [0.29, 0.717) is 0 Å². The van der Waals surface area contributed by atoms with Gasteiger partial charge in [0, 0.05) is 17.8 Å². The summed E-state index contributed by atoms with van der Waals surface area (Å²) in [5.74, 6) is -5.29. The van der Waals surface area contributed by atoms with Crippen LogP contribution in [0.2, 0.25) is 4.44 Å². The first-order valence-electron chi connectivity index (χ1n) is 17.3. The molecule has 6 nitrogen and oxygen atoms in total. The molecule has 0 spiro atoms. The van der Waals surface area contributed by atoms with Crippen molar-refractivity contribution in [1.29, 1.82) is 0 Å². The molecule has 0 bridgehead atoms. The molecule has 6 aromatic carbocycles. The average molecular weight is 810 g/mol. The predicted molar refractivity (Wildman–Crippen MR) is 205 cm³/mol. The summed E-state index contributed by atoms with van der Waals surface area (Å²) in [7, 11) is 0. The van der Waals surface area contributed by atoms with Crippen LogP contribution in [0.5, 0.6) is 0 Å². The first-order chi connectivity index (χ1) is 25.8. The van der Waals surface area contributed by atoms with E-state index < -0.39 is 35.7 Å². The molecule has 53 heavy (non-hydrogen) atoms. The van der Waals surface area contributed by atoms with Crippen molar-refractivity contribution in [3.8, 4) is 0 Å². The van der Waals surface area contributed by atoms with Crippen LogP contribution in [0.1, 0.15) is 70.9 Å². The maximum Gasteiger partial charge on any atom is 0.0533 e. The summed E-state index contributed by atoms with van der Waals surface area (Å²) in [6.07, 6.45) is 2.80. The van der Waals surface area contributed by atoms with E-state index in [1.807, 2.05) is 109 Å². The third-order valence-electron chi connectivity index (χ3n) is 8.03. The molecule has 0 aromatic heterocycles. The smallest absolute Gasteiger partial charge is 0.0533 e. The molecule has 0 radical (unpaired) electrons. The van der Waals surface area contributed by atoms with Crippen LogP contribution in [0.15, 0.2) is 182 Å². The topological polar surface area (TPSA) is 120 Å². The molecule has 0 aliphatic carbocycles. The van der Waals surface area contributed by atoms with Crippen LogP contribution in [0, 0.1) is 0 Å². The Morgan fingerprint density at radius 2 is 0.566 bits per heavy atom. The van der Waals surface area contributed by atoms with Gasteiger partial charge in [0.15, 0.2) is 0 Å². The minimum absolute atomic E-state index is 0.692. The van der Waals surface area contributed by atoms with E-state index in [1.54, 1.807) is 95.3 Å². The summed E-state index contributed by atoms with van der Waals surface area (Å²) < 4.78 is 1.43. The van der Waals surface area contributed by atoms with Crippen LogP contribution >= 0.6 is 0 Å². The monoisotopic (exact) mass is 810 g/mol. The summed E-state index contributed by atoms with van der Waals surface area (Å²) in [6, 6.07) is 54.7. The summed E-state index contributed by atoms with van der Waals surface area (Å²) in [5, 5.41) is 33.6. The Kier molecular flexibility index (Phi) is 18.9. The second kappa shape index (κ2) is 23.9. The number of benzene rings is 6. The molecule has 0 atom stereocenters. The van der Waals surface area contributed by atoms with Crippen LogP contribution in [-0.4, -0.2) is 40.4 Å². The van der Waals surface area contributed by atoms with Crippen molar-refractivity contribution in [2.24, 2.45) is 0 Å². The molecule has 0 heterocycles. The fraction of sp³-hybridized carbons (Fsp3) is 0.152. The van der Waals surface area contributed by atoms with E-state index in [2.05, 4.69) is 6.92 Å². The summed E-state index contributed by atoms with van der Waals surface area (Å²) >= 11 is 1.68. The summed E-state index contributed by atoms with van der Waals surface area (Å²) in [5.41, 5.74) is 4.47. The van der Waals surface area contributed by atoms with Gasteiger partial charge in [0.2, 0.25) is 0 Å². The van der Waals surface area contributed by atoms with E-state index in [1.165, 1.54) is 17.3 Å². The van der Waals surface area contributed by atoms with Crippen molar-refractivity contribution in [3.63, 3.8) is 0 Å². The molecule has 0 N–H and O–H groups in total. The van der Waals surface area contributed by atoms with E-state index in [9.17, 15) is 29.7 Å². The number of unbranched alkanes of at least 4 members (excludes halogenated alkanes) is 1. The van der Waals surface area contributed by atoms with Crippen LogP contribution in [0.25, 0.3) is 0 Å². The summed E-state index contributed by atoms with van der Waals surface area (Å²) in [6.45, 7) is 2.23. The molecule has 0 aliphatic rings.